The molecule has 0 radical (unpaired) electrons. The number of carbonyl (C=O) groups is 1. The zero-order chi connectivity index (χ0) is 20.8. The summed E-state index contributed by atoms with van der Waals surface area (Å²) in [5, 5.41) is 4.32. The van der Waals surface area contributed by atoms with Crippen molar-refractivity contribution in [3.8, 4) is 5.75 Å². The van der Waals surface area contributed by atoms with E-state index in [1.165, 1.54) is 0 Å². The van der Waals surface area contributed by atoms with Crippen LogP contribution in [0.25, 0.3) is 21.5 Å². The molecule has 1 aliphatic rings. The van der Waals surface area contributed by atoms with E-state index in [1.54, 1.807) is 0 Å². The average Bonchev–Trinajstić information content (AvgIpc) is 3.24. The molecule has 31 heavy (non-hydrogen) atoms. The zero-order valence-corrected chi connectivity index (χ0v) is 16.9. The zero-order valence-electron chi connectivity index (χ0n) is 16.9. The molecule has 0 unspecified atom stereocenters. The van der Waals surface area contributed by atoms with Crippen LogP contribution in [-0.4, -0.2) is 11.9 Å². The Morgan fingerprint density at radius 1 is 0.613 bits per heavy atom. The molecule has 2 heteroatoms. The van der Waals surface area contributed by atoms with Gasteiger partial charge >= 0.3 is 0 Å². The summed E-state index contributed by atoms with van der Waals surface area (Å²) in [5.74, 6) is 0.658. The van der Waals surface area contributed by atoms with Gasteiger partial charge in [0.2, 0.25) is 5.78 Å². The van der Waals surface area contributed by atoms with Crippen molar-refractivity contribution in [1.82, 2.24) is 0 Å². The highest BCUT2D eigenvalue weighted by Gasteiger charge is 2.41. The van der Waals surface area contributed by atoms with Crippen LogP contribution in [0.2, 0.25) is 0 Å². The van der Waals surface area contributed by atoms with Gasteiger partial charge in [-0.3, -0.25) is 4.79 Å². The maximum Gasteiger partial charge on any atom is 0.204 e. The summed E-state index contributed by atoms with van der Waals surface area (Å²) in [4.78, 5) is 13.9. The summed E-state index contributed by atoms with van der Waals surface area (Å²) in [5.41, 5.74) is 2.90. The van der Waals surface area contributed by atoms with Crippen LogP contribution in [0.15, 0.2) is 109 Å². The summed E-state index contributed by atoms with van der Waals surface area (Å²) in [6.45, 7) is 0. The fraction of sp³-hybridized carbons (Fsp3) is 0.0690. The fourth-order valence-corrected chi connectivity index (χ4v) is 4.86. The van der Waals surface area contributed by atoms with E-state index in [1.807, 2.05) is 78.9 Å². The SMILES string of the molecule is O=C(c1cccc2ccccc12)[C@H]1Oc2ccc3ccccc3c2[C@@H]1c1ccccc1. The number of carbonyl (C=O) groups excluding carboxylic acids is 1. The summed E-state index contributed by atoms with van der Waals surface area (Å²) >= 11 is 0. The van der Waals surface area contributed by atoms with Gasteiger partial charge in [0.25, 0.3) is 0 Å². The second-order valence-electron chi connectivity index (χ2n) is 8.02. The number of fused-ring (bicyclic) bond motifs is 4. The van der Waals surface area contributed by atoms with E-state index in [2.05, 4.69) is 30.3 Å². The van der Waals surface area contributed by atoms with Crippen molar-refractivity contribution in [2.45, 2.75) is 12.0 Å². The molecule has 5 aromatic carbocycles. The number of benzene rings is 5. The highest BCUT2D eigenvalue weighted by molar-refractivity contribution is 6.11. The summed E-state index contributed by atoms with van der Waals surface area (Å²) < 4.78 is 6.40. The van der Waals surface area contributed by atoms with Gasteiger partial charge in [0, 0.05) is 11.1 Å². The quantitative estimate of drug-likeness (QED) is 0.312. The van der Waals surface area contributed by atoms with Crippen LogP contribution in [0.4, 0.5) is 0 Å². The molecule has 0 spiro atoms. The number of rotatable bonds is 3. The number of hydrogen-bond donors (Lipinski definition) is 0. The lowest BCUT2D eigenvalue weighted by Crippen LogP contribution is -2.30. The van der Waals surface area contributed by atoms with Crippen molar-refractivity contribution in [2.24, 2.45) is 0 Å². The minimum absolute atomic E-state index is 0.0194. The van der Waals surface area contributed by atoms with Crippen molar-refractivity contribution in [3.05, 3.63) is 126 Å². The van der Waals surface area contributed by atoms with Crippen molar-refractivity contribution in [1.29, 1.82) is 0 Å². The first-order valence-corrected chi connectivity index (χ1v) is 10.6. The van der Waals surface area contributed by atoms with Gasteiger partial charge in [0.05, 0.1) is 5.92 Å². The maximum absolute atomic E-state index is 13.9. The highest BCUT2D eigenvalue weighted by atomic mass is 16.5. The van der Waals surface area contributed by atoms with Crippen LogP contribution >= 0.6 is 0 Å². The highest BCUT2D eigenvalue weighted by Crippen LogP contribution is 2.47. The third-order valence-electron chi connectivity index (χ3n) is 6.27. The van der Waals surface area contributed by atoms with Gasteiger partial charge in [-0.25, -0.2) is 0 Å². The molecular weight excluding hydrogens is 380 g/mol. The summed E-state index contributed by atoms with van der Waals surface area (Å²) in [6, 6.07) is 36.6. The van der Waals surface area contributed by atoms with Crippen molar-refractivity contribution in [3.63, 3.8) is 0 Å². The summed E-state index contributed by atoms with van der Waals surface area (Å²) in [7, 11) is 0. The van der Waals surface area contributed by atoms with E-state index in [9.17, 15) is 4.79 Å². The first-order valence-electron chi connectivity index (χ1n) is 10.6. The van der Waals surface area contributed by atoms with Crippen molar-refractivity contribution in [2.75, 3.05) is 0 Å². The molecule has 0 amide bonds. The molecule has 0 saturated heterocycles. The molecule has 1 aliphatic heterocycles. The molecule has 0 aromatic heterocycles. The van der Waals surface area contributed by atoms with Gasteiger partial charge in [-0.1, -0.05) is 103 Å². The normalized spacial score (nSPS) is 17.4. The number of hydrogen-bond acceptors (Lipinski definition) is 2. The Bertz CT molecular complexity index is 1430. The monoisotopic (exact) mass is 400 g/mol. The standard InChI is InChI=1S/C29H20O2/c30-28(24-16-8-13-19-9-4-6-14-22(19)24)29-26(21-11-2-1-3-12-21)27-23-15-7-5-10-20(23)17-18-25(27)31-29/h1-18,26,29H/t26-,29-/m0/s1. The van der Waals surface area contributed by atoms with E-state index in [0.717, 1.165) is 38.4 Å². The van der Waals surface area contributed by atoms with Crippen LogP contribution in [-0.2, 0) is 0 Å². The Balaban J connectivity index is 1.56. The first kappa shape index (κ1) is 17.9. The third-order valence-corrected chi connectivity index (χ3v) is 6.27. The molecule has 0 aliphatic carbocycles. The Morgan fingerprint density at radius 3 is 2.06 bits per heavy atom. The topological polar surface area (TPSA) is 26.3 Å². The van der Waals surface area contributed by atoms with Crippen LogP contribution in [0.3, 0.4) is 0 Å². The molecule has 0 bridgehead atoms. The lowest BCUT2D eigenvalue weighted by atomic mass is 9.82. The minimum atomic E-state index is -0.603. The Labute approximate surface area is 180 Å². The lowest BCUT2D eigenvalue weighted by molar-refractivity contribution is 0.0808. The lowest BCUT2D eigenvalue weighted by Gasteiger charge is -2.20. The van der Waals surface area contributed by atoms with E-state index < -0.39 is 6.10 Å². The molecule has 148 valence electrons. The molecule has 5 aromatic rings. The molecule has 6 rings (SSSR count). The second kappa shape index (κ2) is 7.10. The first-order chi connectivity index (χ1) is 15.3. The predicted molar refractivity (Wildman–Crippen MR) is 125 cm³/mol. The Morgan fingerprint density at radius 2 is 1.26 bits per heavy atom. The van der Waals surface area contributed by atoms with Gasteiger partial charge < -0.3 is 4.74 Å². The van der Waals surface area contributed by atoms with Crippen LogP contribution in [0, 0.1) is 0 Å². The minimum Gasteiger partial charge on any atom is -0.481 e. The molecular formula is C29H20O2. The number of ketones is 1. The van der Waals surface area contributed by atoms with Crippen molar-refractivity contribution >= 4 is 27.3 Å². The Kier molecular flexibility index (Phi) is 4.10. The maximum atomic E-state index is 13.9. The van der Waals surface area contributed by atoms with Gasteiger partial charge in [0.15, 0.2) is 6.10 Å². The Hall–Kier alpha value is -3.91. The largest absolute Gasteiger partial charge is 0.481 e. The van der Waals surface area contributed by atoms with Gasteiger partial charge in [-0.2, -0.15) is 0 Å². The average molecular weight is 400 g/mol. The molecule has 1 heterocycles. The number of Topliss-reactive ketones (excluding diaryl/α,β-unsaturated/α-hetero) is 1. The van der Waals surface area contributed by atoms with E-state index in [0.29, 0.717) is 5.56 Å². The molecule has 2 atom stereocenters. The second-order valence-corrected chi connectivity index (χ2v) is 8.02. The summed E-state index contributed by atoms with van der Waals surface area (Å²) in [6.07, 6.45) is -0.603. The van der Waals surface area contributed by atoms with Crippen molar-refractivity contribution < 1.29 is 9.53 Å². The molecule has 2 nitrogen and oxygen atoms in total. The van der Waals surface area contributed by atoms with Gasteiger partial charge in [0.1, 0.15) is 5.75 Å². The van der Waals surface area contributed by atoms with E-state index >= 15 is 0 Å². The molecule has 0 fully saturated rings. The van der Waals surface area contributed by atoms with Gasteiger partial charge in [-0.05, 0) is 33.2 Å². The predicted octanol–water partition coefficient (Wildman–Crippen LogP) is 6.77. The molecule has 0 saturated carbocycles. The molecule has 0 N–H and O–H groups in total. The third kappa shape index (κ3) is 2.83. The van der Waals surface area contributed by atoms with Crippen LogP contribution < -0.4 is 4.74 Å². The fourth-order valence-electron chi connectivity index (χ4n) is 4.86. The van der Waals surface area contributed by atoms with Crippen LogP contribution in [0.1, 0.15) is 27.4 Å². The van der Waals surface area contributed by atoms with Crippen LogP contribution in [0.5, 0.6) is 5.75 Å². The smallest absolute Gasteiger partial charge is 0.204 e. The van der Waals surface area contributed by atoms with E-state index in [4.69, 9.17) is 4.74 Å². The number of ether oxygens (including phenoxy) is 1. The van der Waals surface area contributed by atoms with Gasteiger partial charge in [-0.15, -0.1) is 0 Å². The van der Waals surface area contributed by atoms with E-state index in [-0.39, 0.29) is 11.7 Å².